The van der Waals surface area contributed by atoms with Gasteiger partial charge in [-0.3, -0.25) is 0 Å². The molecule has 0 amide bonds. The average molecular weight is 158 g/mol. The Balaban J connectivity index is 0. The van der Waals surface area contributed by atoms with Crippen LogP contribution in [0.1, 0.15) is 13.8 Å². The van der Waals surface area contributed by atoms with Crippen molar-refractivity contribution in [2.75, 3.05) is 0 Å². The minimum Gasteiger partial charge on any atom is -0.341 e. The molecule has 1 heteroatoms. The van der Waals surface area contributed by atoms with Gasteiger partial charge in [0.1, 0.15) is 0 Å². The standard InChI is InChI=1S/C4H9.Ru/c1-4(2)3;/h4H,1H2,2-3H3;/q-1;+1. The van der Waals surface area contributed by atoms with Gasteiger partial charge >= 0.3 is 19.5 Å². The van der Waals surface area contributed by atoms with Crippen LogP contribution < -0.4 is 0 Å². The minimum absolute atomic E-state index is 0. The number of hydrogen-bond donors (Lipinski definition) is 0. The quantitative estimate of drug-likeness (QED) is 0.370. The summed E-state index contributed by atoms with van der Waals surface area (Å²) in [4.78, 5) is 0. The topological polar surface area (TPSA) is 0 Å². The van der Waals surface area contributed by atoms with E-state index in [0.29, 0.717) is 5.92 Å². The van der Waals surface area contributed by atoms with Crippen LogP contribution in [0.25, 0.3) is 0 Å². The Labute approximate surface area is 46.7 Å². The molecule has 0 unspecified atom stereocenters. The largest absolute Gasteiger partial charge is 1.00 e. The second-order valence-electron chi connectivity index (χ2n) is 1.39. The van der Waals surface area contributed by atoms with E-state index in [1.807, 2.05) is 0 Å². The predicted molar refractivity (Wildman–Crippen MR) is 20.2 cm³/mol. The molecule has 0 aliphatic carbocycles. The number of rotatable bonds is 0. The van der Waals surface area contributed by atoms with Crippen LogP contribution in [0.15, 0.2) is 0 Å². The molecule has 0 aromatic heterocycles. The fraction of sp³-hybridized carbons (Fsp3) is 0.750. The smallest absolute Gasteiger partial charge is 0.341 e. The first kappa shape index (κ1) is 9.16. The average Bonchev–Trinajstić information content (AvgIpc) is 0.811. The van der Waals surface area contributed by atoms with E-state index in [1.54, 1.807) is 0 Å². The molecule has 0 saturated carbocycles. The fourth-order valence-corrected chi connectivity index (χ4v) is 0. The summed E-state index contributed by atoms with van der Waals surface area (Å²) in [6, 6.07) is 0. The molecule has 0 bridgehead atoms. The fourth-order valence-electron chi connectivity index (χ4n) is 0. The summed E-state index contributed by atoms with van der Waals surface area (Å²) in [6.07, 6.45) is 0. The van der Waals surface area contributed by atoms with Gasteiger partial charge in [0.05, 0.1) is 0 Å². The zero-order chi connectivity index (χ0) is 3.58. The van der Waals surface area contributed by atoms with E-state index in [-0.39, 0.29) is 19.5 Å². The maximum absolute atomic E-state index is 3.64. The van der Waals surface area contributed by atoms with E-state index in [9.17, 15) is 0 Å². The van der Waals surface area contributed by atoms with Gasteiger partial charge in [0, 0.05) is 0 Å². The van der Waals surface area contributed by atoms with Gasteiger partial charge in [-0.1, -0.05) is 13.8 Å². The van der Waals surface area contributed by atoms with Crippen molar-refractivity contribution in [2.45, 2.75) is 13.8 Å². The van der Waals surface area contributed by atoms with E-state index in [1.165, 1.54) is 0 Å². The second-order valence-corrected chi connectivity index (χ2v) is 1.39. The molecule has 0 heterocycles. The van der Waals surface area contributed by atoms with Gasteiger partial charge < -0.3 is 6.92 Å². The predicted octanol–water partition coefficient (Wildman–Crippen LogP) is 1.47. The Hall–Kier alpha value is 0.623. The Morgan fingerprint density at radius 3 is 1.40 bits per heavy atom. The molecular formula is C4H9Ru. The van der Waals surface area contributed by atoms with Gasteiger partial charge in [0.2, 0.25) is 0 Å². The third-order valence-electron chi connectivity index (χ3n) is 0. The van der Waals surface area contributed by atoms with Crippen molar-refractivity contribution in [3.63, 3.8) is 0 Å². The SMILES string of the molecule is [CH2-]C(C)C.[Ru+]. The van der Waals surface area contributed by atoms with E-state index in [0.717, 1.165) is 0 Å². The Kier molecular flexibility index (Phi) is 8.47. The third-order valence-corrected chi connectivity index (χ3v) is 0. The summed E-state index contributed by atoms with van der Waals surface area (Å²) >= 11 is 0. The molecule has 1 radical (unpaired) electrons. The van der Waals surface area contributed by atoms with Crippen LogP contribution in [0, 0.1) is 12.8 Å². The first-order valence-corrected chi connectivity index (χ1v) is 1.56. The van der Waals surface area contributed by atoms with Crippen LogP contribution in [0.4, 0.5) is 0 Å². The van der Waals surface area contributed by atoms with E-state index in [2.05, 4.69) is 20.8 Å². The summed E-state index contributed by atoms with van der Waals surface area (Å²) in [5.41, 5.74) is 0. The molecular weight excluding hydrogens is 149 g/mol. The van der Waals surface area contributed by atoms with Crippen LogP contribution in [-0.2, 0) is 19.5 Å². The maximum Gasteiger partial charge on any atom is 1.00 e. The molecule has 0 spiro atoms. The Morgan fingerprint density at radius 2 is 1.40 bits per heavy atom. The van der Waals surface area contributed by atoms with Crippen molar-refractivity contribution < 1.29 is 19.5 Å². The van der Waals surface area contributed by atoms with Crippen molar-refractivity contribution in [3.8, 4) is 0 Å². The molecule has 0 nitrogen and oxygen atoms in total. The van der Waals surface area contributed by atoms with E-state index >= 15 is 0 Å². The van der Waals surface area contributed by atoms with Gasteiger partial charge in [0.25, 0.3) is 0 Å². The van der Waals surface area contributed by atoms with E-state index in [4.69, 9.17) is 0 Å². The molecule has 0 rings (SSSR count). The number of hydrogen-bond acceptors (Lipinski definition) is 0. The maximum atomic E-state index is 3.64. The summed E-state index contributed by atoms with van der Waals surface area (Å²) in [5.74, 6) is 0.583. The van der Waals surface area contributed by atoms with Crippen molar-refractivity contribution in [1.29, 1.82) is 0 Å². The minimum atomic E-state index is 0. The van der Waals surface area contributed by atoms with Gasteiger partial charge in [-0.2, -0.15) is 5.92 Å². The first-order chi connectivity index (χ1) is 1.73. The summed E-state index contributed by atoms with van der Waals surface area (Å²) < 4.78 is 0. The molecule has 0 aromatic rings. The summed E-state index contributed by atoms with van der Waals surface area (Å²) in [5, 5.41) is 0. The third kappa shape index (κ3) is 81.9. The Bertz CT molecular complexity index is 8.36. The van der Waals surface area contributed by atoms with Crippen LogP contribution >= 0.6 is 0 Å². The van der Waals surface area contributed by atoms with Crippen LogP contribution in [0.2, 0.25) is 0 Å². The van der Waals surface area contributed by atoms with Crippen LogP contribution in [-0.4, -0.2) is 0 Å². The molecule has 0 N–H and O–H groups in total. The van der Waals surface area contributed by atoms with Crippen molar-refractivity contribution >= 4 is 0 Å². The molecule has 0 aliphatic rings. The normalized spacial score (nSPS) is 7.20. The zero-order valence-corrected chi connectivity index (χ0v) is 5.38. The second kappa shape index (κ2) is 4.62. The van der Waals surface area contributed by atoms with Gasteiger partial charge in [-0.05, 0) is 0 Å². The van der Waals surface area contributed by atoms with Gasteiger partial charge in [-0.25, -0.2) is 0 Å². The Morgan fingerprint density at radius 1 is 1.40 bits per heavy atom. The molecule has 0 aromatic carbocycles. The summed E-state index contributed by atoms with van der Waals surface area (Å²) in [7, 11) is 0. The zero-order valence-electron chi connectivity index (χ0n) is 3.64. The van der Waals surface area contributed by atoms with Gasteiger partial charge in [-0.15, -0.1) is 0 Å². The molecule has 0 atom stereocenters. The van der Waals surface area contributed by atoms with E-state index < -0.39 is 0 Å². The molecule has 0 aliphatic heterocycles. The molecule has 0 fully saturated rings. The summed E-state index contributed by atoms with van der Waals surface area (Å²) in [6.45, 7) is 7.75. The molecule has 0 saturated heterocycles. The molecule has 33 valence electrons. The monoisotopic (exact) mass is 159 g/mol. The van der Waals surface area contributed by atoms with Crippen LogP contribution in [0.5, 0.6) is 0 Å². The van der Waals surface area contributed by atoms with Crippen molar-refractivity contribution in [1.82, 2.24) is 0 Å². The van der Waals surface area contributed by atoms with Crippen molar-refractivity contribution in [3.05, 3.63) is 6.92 Å². The van der Waals surface area contributed by atoms with Gasteiger partial charge in [0.15, 0.2) is 0 Å². The molecule has 5 heavy (non-hydrogen) atoms. The first-order valence-electron chi connectivity index (χ1n) is 1.56. The van der Waals surface area contributed by atoms with Crippen LogP contribution in [0.3, 0.4) is 0 Å². The van der Waals surface area contributed by atoms with Crippen molar-refractivity contribution in [2.24, 2.45) is 5.92 Å².